The molecule has 3 heterocycles. The zero-order valence-corrected chi connectivity index (χ0v) is 20.8. The van der Waals surface area contributed by atoms with E-state index in [-0.39, 0.29) is 10.9 Å². The minimum absolute atomic E-state index is 0.0888. The van der Waals surface area contributed by atoms with Gasteiger partial charge in [-0.3, -0.25) is 0 Å². The predicted molar refractivity (Wildman–Crippen MR) is 138 cm³/mol. The first-order valence-electron chi connectivity index (χ1n) is 11.0. The third-order valence-electron chi connectivity index (χ3n) is 6.06. The smallest absolute Gasteiger partial charge is 0.243 e. The molecule has 0 aliphatic carbocycles. The van der Waals surface area contributed by atoms with Gasteiger partial charge in [0.25, 0.3) is 0 Å². The van der Waals surface area contributed by atoms with E-state index in [0.717, 1.165) is 28.2 Å². The van der Waals surface area contributed by atoms with E-state index in [9.17, 15) is 8.42 Å². The molecule has 0 spiro atoms. The molecule has 0 amide bonds. The van der Waals surface area contributed by atoms with Crippen LogP contribution in [0.3, 0.4) is 0 Å². The van der Waals surface area contributed by atoms with Crippen LogP contribution >= 0.6 is 23.2 Å². The molecule has 1 aliphatic rings. The second kappa shape index (κ2) is 9.22. The van der Waals surface area contributed by atoms with Crippen molar-refractivity contribution in [1.29, 1.82) is 0 Å². The molecular formula is C23H22BCl2N5O2S. The van der Waals surface area contributed by atoms with Gasteiger partial charge in [-0.25, -0.2) is 13.4 Å². The summed E-state index contributed by atoms with van der Waals surface area (Å²) >= 11 is 12.3. The molecule has 7 nitrogen and oxygen atoms in total. The Kier molecular flexibility index (Phi) is 6.29. The predicted octanol–water partition coefficient (Wildman–Crippen LogP) is 3.23. The number of benzene rings is 2. The van der Waals surface area contributed by atoms with Crippen molar-refractivity contribution in [2.24, 2.45) is 0 Å². The fourth-order valence-corrected chi connectivity index (χ4v) is 6.02. The van der Waals surface area contributed by atoms with Crippen LogP contribution in [0.2, 0.25) is 10.0 Å². The molecule has 1 aliphatic heterocycles. The van der Waals surface area contributed by atoms with Crippen molar-refractivity contribution in [1.82, 2.24) is 18.9 Å². The molecule has 11 heteroatoms. The summed E-state index contributed by atoms with van der Waals surface area (Å²) in [6.07, 6.45) is 3.11. The van der Waals surface area contributed by atoms with E-state index in [1.807, 2.05) is 38.2 Å². The standard InChI is InChI=1S/C23H22BCl2N5O2S/c24-19-14-27-31-22(13-21(29-23(19)31)18-3-1-2-4-20(18)26)28-16-9-11-30(12-10-16)34(32,33)17-7-5-15(25)6-8-17/h1-8,13-14,16,28H,9-12,24H2. The lowest BCUT2D eigenvalue weighted by atomic mass is 10.0. The van der Waals surface area contributed by atoms with Gasteiger partial charge in [-0.1, -0.05) is 41.4 Å². The number of piperidine rings is 1. The SMILES string of the molecule is Bc1cnn2c(NC3CCN(S(=O)(=O)c4ccc(Cl)cc4)CC3)cc(-c3ccccc3Cl)nc12. The van der Waals surface area contributed by atoms with Crippen LogP contribution in [-0.2, 0) is 10.0 Å². The van der Waals surface area contributed by atoms with E-state index < -0.39 is 10.0 Å². The highest BCUT2D eigenvalue weighted by molar-refractivity contribution is 7.89. The van der Waals surface area contributed by atoms with Crippen molar-refractivity contribution in [2.75, 3.05) is 18.4 Å². The largest absolute Gasteiger partial charge is 0.367 e. The number of hydrogen-bond acceptors (Lipinski definition) is 5. The van der Waals surface area contributed by atoms with Crippen LogP contribution in [0, 0.1) is 0 Å². The van der Waals surface area contributed by atoms with E-state index in [0.29, 0.717) is 36.0 Å². The topological polar surface area (TPSA) is 79.6 Å². The summed E-state index contributed by atoms with van der Waals surface area (Å²) in [6.45, 7) is 0.846. The van der Waals surface area contributed by atoms with Crippen molar-refractivity contribution in [3.05, 3.63) is 70.8 Å². The van der Waals surface area contributed by atoms with Gasteiger partial charge < -0.3 is 5.32 Å². The summed E-state index contributed by atoms with van der Waals surface area (Å²) in [5.41, 5.74) is 3.31. The van der Waals surface area contributed by atoms with E-state index >= 15 is 0 Å². The van der Waals surface area contributed by atoms with E-state index in [1.54, 1.807) is 35.0 Å². The van der Waals surface area contributed by atoms with Gasteiger partial charge >= 0.3 is 0 Å². The molecule has 4 aromatic rings. The maximum atomic E-state index is 13.0. The van der Waals surface area contributed by atoms with Gasteiger partial charge in [0.15, 0.2) is 5.65 Å². The van der Waals surface area contributed by atoms with Gasteiger partial charge in [-0.15, -0.1) is 0 Å². The van der Waals surface area contributed by atoms with Crippen LogP contribution < -0.4 is 10.8 Å². The monoisotopic (exact) mass is 513 g/mol. The Balaban J connectivity index is 1.37. The molecule has 0 bridgehead atoms. The number of hydrogen-bond donors (Lipinski definition) is 1. The van der Waals surface area contributed by atoms with Gasteiger partial charge in [-0.05, 0) is 48.6 Å². The molecule has 1 fully saturated rings. The van der Waals surface area contributed by atoms with Crippen molar-refractivity contribution in [2.45, 2.75) is 23.8 Å². The molecule has 0 atom stereocenters. The Morgan fingerprint density at radius 3 is 2.44 bits per heavy atom. The highest BCUT2D eigenvalue weighted by atomic mass is 35.5. The molecule has 0 unspecified atom stereocenters. The minimum atomic E-state index is -3.55. The molecule has 0 radical (unpaired) electrons. The van der Waals surface area contributed by atoms with Gasteiger partial charge in [0.05, 0.1) is 10.6 Å². The van der Waals surface area contributed by atoms with Crippen LogP contribution in [0.5, 0.6) is 0 Å². The molecule has 1 N–H and O–H groups in total. The summed E-state index contributed by atoms with van der Waals surface area (Å²) < 4.78 is 29.3. The highest BCUT2D eigenvalue weighted by Crippen LogP contribution is 2.29. The number of nitrogens with zero attached hydrogens (tertiary/aromatic N) is 4. The Labute approximate surface area is 209 Å². The van der Waals surface area contributed by atoms with Crippen LogP contribution in [0.25, 0.3) is 16.9 Å². The highest BCUT2D eigenvalue weighted by Gasteiger charge is 2.29. The first-order valence-corrected chi connectivity index (χ1v) is 13.1. The van der Waals surface area contributed by atoms with Crippen molar-refractivity contribution in [3.63, 3.8) is 0 Å². The Morgan fingerprint density at radius 1 is 1.03 bits per heavy atom. The van der Waals surface area contributed by atoms with Gasteiger partial charge in [-0.2, -0.15) is 13.9 Å². The quantitative estimate of drug-likeness (QED) is 0.414. The summed E-state index contributed by atoms with van der Waals surface area (Å²) in [5.74, 6) is 0.798. The van der Waals surface area contributed by atoms with Crippen molar-refractivity contribution < 1.29 is 8.42 Å². The normalized spacial score (nSPS) is 15.6. The van der Waals surface area contributed by atoms with Crippen LogP contribution in [-0.4, -0.2) is 54.3 Å². The summed E-state index contributed by atoms with van der Waals surface area (Å²) in [6, 6.07) is 15.9. The molecule has 174 valence electrons. The minimum Gasteiger partial charge on any atom is -0.367 e. The number of fused-ring (bicyclic) bond motifs is 1. The Hall–Kier alpha value is -2.59. The molecule has 34 heavy (non-hydrogen) atoms. The molecular weight excluding hydrogens is 492 g/mol. The molecule has 5 rings (SSSR count). The molecule has 2 aromatic carbocycles. The lowest BCUT2D eigenvalue weighted by molar-refractivity contribution is 0.329. The third kappa shape index (κ3) is 4.41. The second-order valence-electron chi connectivity index (χ2n) is 8.35. The number of sulfonamides is 1. The first-order chi connectivity index (χ1) is 16.3. The third-order valence-corrected chi connectivity index (χ3v) is 8.55. The fraction of sp³-hybridized carbons (Fsp3) is 0.217. The molecule has 0 saturated carbocycles. The van der Waals surface area contributed by atoms with E-state index in [2.05, 4.69) is 10.4 Å². The average Bonchev–Trinajstić information content (AvgIpc) is 3.21. The van der Waals surface area contributed by atoms with E-state index in [1.165, 1.54) is 4.31 Å². The number of halogens is 2. The zero-order valence-electron chi connectivity index (χ0n) is 18.4. The fourth-order valence-electron chi connectivity index (χ4n) is 4.19. The van der Waals surface area contributed by atoms with Crippen molar-refractivity contribution in [3.8, 4) is 11.3 Å². The lowest BCUT2D eigenvalue weighted by Crippen LogP contribution is -2.42. The number of anilines is 1. The number of nitrogens with one attached hydrogen (secondary N) is 1. The van der Waals surface area contributed by atoms with Crippen LogP contribution in [0.1, 0.15) is 12.8 Å². The molecule has 1 saturated heterocycles. The van der Waals surface area contributed by atoms with E-state index in [4.69, 9.17) is 28.2 Å². The maximum Gasteiger partial charge on any atom is 0.243 e. The Morgan fingerprint density at radius 2 is 1.74 bits per heavy atom. The molecule has 2 aromatic heterocycles. The second-order valence-corrected chi connectivity index (χ2v) is 11.1. The zero-order chi connectivity index (χ0) is 23.9. The van der Waals surface area contributed by atoms with Gasteiger partial charge in [0, 0.05) is 47.0 Å². The summed E-state index contributed by atoms with van der Waals surface area (Å²) in [4.78, 5) is 5.04. The average molecular weight is 514 g/mol. The summed E-state index contributed by atoms with van der Waals surface area (Å²) in [7, 11) is -1.58. The maximum absolute atomic E-state index is 13.0. The van der Waals surface area contributed by atoms with Crippen LogP contribution in [0.15, 0.2) is 65.7 Å². The number of aromatic nitrogens is 3. The summed E-state index contributed by atoms with van der Waals surface area (Å²) in [5, 5.41) is 9.19. The lowest BCUT2D eigenvalue weighted by Gasteiger charge is -2.32. The number of rotatable bonds is 5. The van der Waals surface area contributed by atoms with Gasteiger partial charge in [0.2, 0.25) is 10.0 Å². The first kappa shape index (κ1) is 23.2. The Bertz CT molecular complexity index is 1450. The van der Waals surface area contributed by atoms with Gasteiger partial charge in [0.1, 0.15) is 13.7 Å². The van der Waals surface area contributed by atoms with Crippen LogP contribution in [0.4, 0.5) is 5.82 Å². The van der Waals surface area contributed by atoms with Crippen molar-refractivity contribution >= 4 is 58.0 Å².